The molecule has 1 atom stereocenters. The molecule has 1 saturated heterocycles. The maximum Gasteiger partial charge on any atom is 0.252 e. The highest BCUT2D eigenvalue weighted by Crippen LogP contribution is 2.20. The molecule has 0 unspecified atom stereocenters. The molecule has 5 heteroatoms. The first-order valence-electron chi connectivity index (χ1n) is 8.44. The second-order valence-electron chi connectivity index (χ2n) is 6.10. The summed E-state index contributed by atoms with van der Waals surface area (Å²) in [6.07, 6.45) is 1.11. The van der Waals surface area contributed by atoms with Gasteiger partial charge in [0.2, 0.25) is 0 Å². The van der Waals surface area contributed by atoms with Crippen LogP contribution in [0.4, 0.5) is 0 Å². The standard InChI is InChI=1S/C18H25N3O2/c1-3-15-12-21(8-7-19-15)11-14-9-13-10-16(23-4-2)5-6-17(13)20-18(14)22/h5-6,9-10,15,19H,3-4,7-8,11-12H2,1-2H3,(H,20,22)/t15-/m0/s1. The minimum absolute atomic E-state index is 0.00763. The van der Waals surface area contributed by atoms with Crippen molar-refractivity contribution in [2.75, 3.05) is 26.2 Å². The second-order valence-corrected chi connectivity index (χ2v) is 6.10. The van der Waals surface area contributed by atoms with Gasteiger partial charge in [0.15, 0.2) is 0 Å². The Bertz CT molecular complexity index is 726. The van der Waals surface area contributed by atoms with Gasteiger partial charge in [0.25, 0.3) is 5.56 Å². The Morgan fingerprint density at radius 3 is 2.96 bits per heavy atom. The van der Waals surface area contributed by atoms with Gasteiger partial charge in [0, 0.05) is 48.7 Å². The van der Waals surface area contributed by atoms with Crippen LogP contribution in [0.1, 0.15) is 25.8 Å². The lowest BCUT2D eigenvalue weighted by molar-refractivity contribution is 0.189. The third-order valence-corrected chi connectivity index (χ3v) is 4.43. The molecule has 1 aromatic carbocycles. The Hall–Kier alpha value is -1.85. The van der Waals surface area contributed by atoms with E-state index in [1.54, 1.807) is 0 Å². The first kappa shape index (κ1) is 16.0. The zero-order valence-corrected chi connectivity index (χ0v) is 13.9. The Kier molecular flexibility index (Phi) is 4.98. The van der Waals surface area contributed by atoms with Crippen molar-refractivity contribution in [2.45, 2.75) is 32.9 Å². The first-order chi connectivity index (χ1) is 11.2. The zero-order valence-electron chi connectivity index (χ0n) is 13.9. The van der Waals surface area contributed by atoms with Crippen molar-refractivity contribution in [3.8, 4) is 5.75 Å². The normalized spacial score (nSPS) is 19.1. The van der Waals surface area contributed by atoms with Crippen molar-refractivity contribution in [1.29, 1.82) is 0 Å². The molecule has 2 aromatic rings. The molecule has 23 heavy (non-hydrogen) atoms. The van der Waals surface area contributed by atoms with Crippen LogP contribution >= 0.6 is 0 Å². The molecule has 0 radical (unpaired) electrons. The molecule has 1 fully saturated rings. The molecule has 0 saturated carbocycles. The topological polar surface area (TPSA) is 57.4 Å². The molecule has 0 aliphatic carbocycles. The lowest BCUT2D eigenvalue weighted by atomic mass is 10.1. The van der Waals surface area contributed by atoms with Gasteiger partial charge in [-0.05, 0) is 37.6 Å². The molecule has 1 aromatic heterocycles. The summed E-state index contributed by atoms with van der Waals surface area (Å²) in [6.45, 7) is 8.46. The van der Waals surface area contributed by atoms with E-state index in [9.17, 15) is 4.79 Å². The molecule has 124 valence electrons. The number of H-pyrrole nitrogens is 1. The smallest absolute Gasteiger partial charge is 0.252 e. The van der Waals surface area contributed by atoms with Crippen LogP contribution < -0.4 is 15.6 Å². The number of aromatic amines is 1. The summed E-state index contributed by atoms with van der Waals surface area (Å²) in [5, 5.41) is 4.53. The van der Waals surface area contributed by atoms with Gasteiger partial charge in [-0.1, -0.05) is 6.92 Å². The molecule has 2 heterocycles. The van der Waals surface area contributed by atoms with Crippen molar-refractivity contribution < 1.29 is 4.74 Å². The summed E-state index contributed by atoms with van der Waals surface area (Å²) < 4.78 is 5.55. The Balaban J connectivity index is 1.84. The van der Waals surface area contributed by atoms with Gasteiger partial charge < -0.3 is 15.0 Å². The number of rotatable bonds is 5. The fourth-order valence-corrected chi connectivity index (χ4v) is 3.16. The third-order valence-electron chi connectivity index (χ3n) is 4.43. The number of hydrogen-bond acceptors (Lipinski definition) is 4. The zero-order chi connectivity index (χ0) is 16.2. The number of benzene rings is 1. The predicted molar refractivity (Wildman–Crippen MR) is 93.1 cm³/mol. The lowest BCUT2D eigenvalue weighted by Crippen LogP contribution is -2.50. The Morgan fingerprint density at radius 2 is 2.17 bits per heavy atom. The molecule has 1 aliphatic heterocycles. The predicted octanol–water partition coefficient (Wildman–Crippen LogP) is 2.11. The van der Waals surface area contributed by atoms with Crippen LogP contribution in [-0.2, 0) is 6.54 Å². The van der Waals surface area contributed by atoms with Crippen LogP contribution in [0, 0.1) is 0 Å². The number of ether oxygens (including phenoxy) is 1. The fourth-order valence-electron chi connectivity index (χ4n) is 3.16. The van der Waals surface area contributed by atoms with Crippen LogP contribution in [0.2, 0.25) is 0 Å². The van der Waals surface area contributed by atoms with E-state index in [0.717, 1.165) is 48.3 Å². The van der Waals surface area contributed by atoms with Gasteiger partial charge in [-0.15, -0.1) is 0 Å². The van der Waals surface area contributed by atoms with Gasteiger partial charge >= 0.3 is 0 Å². The van der Waals surface area contributed by atoms with Crippen LogP contribution in [0.5, 0.6) is 5.75 Å². The molecule has 5 nitrogen and oxygen atoms in total. The number of nitrogens with zero attached hydrogens (tertiary/aromatic N) is 1. The molecule has 1 aliphatic rings. The van der Waals surface area contributed by atoms with E-state index in [4.69, 9.17) is 4.74 Å². The van der Waals surface area contributed by atoms with E-state index in [2.05, 4.69) is 22.1 Å². The van der Waals surface area contributed by atoms with Gasteiger partial charge in [-0.3, -0.25) is 9.69 Å². The maximum atomic E-state index is 12.3. The number of nitrogens with one attached hydrogen (secondary N) is 2. The van der Waals surface area contributed by atoms with E-state index >= 15 is 0 Å². The summed E-state index contributed by atoms with van der Waals surface area (Å²) in [7, 11) is 0. The Morgan fingerprint density at radius 1 is 1.30 bits per heavy atom. The maximum absolute atomic E-state index is 12.3. The fraction of sp³-hybridized carbons (Fsp3) is 0.500. The van der Waals surface area contributed by atoms with Crippen LogP contribution in [-0.4, -0.2) is 42.2 Å². The van der Waals surface area contributed by atoms with Crippen molar-refractivity contribution in [2.24, 2.45) is 0 Å². The van der Waals surface area contributed by atoms with Crippen molar-refractivity contribution in [1.82, 2.24) is 15.2 Å². The highest BCUT2D eigenvalue weighted by atomic mass is 16.5. The molecular formula is C18H25N3O2. The largest absolute Gasteiger partial charge is 0.494 e. The summed E-state index contributed by atoms with van der Waals surface area (Å²) in [4.78, 5) is 17.7. The minimum Gasteiger partial charge on any atom is -0.494 e. The van der Waals surface area contributed by atoms with Crippen LogP contribution in [0.3, 0.4) is 0 Å². The van der Waals surface area contributed by atoms with E-state index in [1.807, 2.05) is 31.2 Å². The monoisotopic (exact) mass is 315 g/mol. The first-order valence-corrected chi connectivity index (χ1v) is 8.44. The van der Waals surface area contributed by atoms with Gasteiger partial charge in [-0.25, -0.2) is 0 Å². The minimum atomic E-state index is 0.00763. The summed E-state index contributed by atoms with van der Waals surface area (Å²) in [6, 6.07) is 8.31. The quantitative estimate of drug-likeness (QED) is 0.887. The number of fused-ring (bicyclic) bond motifs is 1. The summed E-state index contributed by atoms with van der Waals surface area (Å²) in [5.41, 5.74) is 1.69. The summed E-state index contributed by atoms with van der Waals surface area (Å²) in [5.74, 6) is 0.839. The average molecular weight is 315 g/mol. The van der Waals surface area contributed by atoms with E-state index in [-0.39, 0.29) is 5.56 Å². The highest BCUT2D eigenvalue weighted by Gasteiger charge is 2.18. The summed E-state index contributed by atoms with van der Waals surface area (Å²) >= 11 is 0. The van der Waals surface area contributed by atoms with Crippen molar-refractivity contribution >= 4 is 10.9 Å². The van der Waals surface area contributed by atoms with Gasteiger partial charge in [-0.2, -0.15) is 0 Å². The highest BCUT2D eigenvalue weighted by molar-refractivity contribution is 5.80. The lowest BCUT2D eigenvalue weighted by Gasteiger charge is -2.33. The van der Waals surface area contributed by atoms with Crippen molar-refractivity contribution in [3.05, 3.63) is 40.2 Å². The Labute approximate surface area is 136 Å². The number of hydrogen-bond donors (Lipinski definition) is 2. The molecule has 0 amide bonds. The van der Waals surface area contributed by atoms with Crippen molar-refractivity contribution in [3.63, 3.8) is 0 Å². The van der Waals surface area contributed by atoms with Crippen LogP contribution in [0.15, 0.2) is 29.1 Å². The molecular weight excluding hydrogens is 290 g/mol. The third kappa shape index (κ3) is 3.74. The SMILES string of the molecule is CCOc1ccc2[nH]c(=O)c(CN3CCN[C@@H](CC)C3)cc2c1. The second kappa shape index (κ2) is 7.15. The van der Waals surface area contributed by atoms with Gasteiger partial charge in [0.05, 0.1) is 6.61 Å². The van der Waals surface area contributed by atoms with E-state index in [1.165, 1.54) is 0 Å². The average Bonchev–Trinajstić information content (AvgIpc) is 2.56. The molecule has 3 rings (SSSR count). The van der Waals surface area contributed by atoms with Crippen LogP contribution in [0.25, 0.3) is 10.9 Å². The molecule has 2 N–H and O–H groups in total. The molecule has 0 bridgehead atoms. The van der Waals surface area contributed by atoms with E-state index in [0.29, 0.717) is 19.2 Å². The number of pyridine rings is 1. The van der Waals surface area contributed by atoms with Gasteiger partial charge in [0.1, 0.15) is 5.75 Å². The molecule has 0 spiro atoms. The number of aromatic nitrogens is 1. The van der Waals surface area contributed by atoms with E-state index < -0.39 is 0 Å². The number of piperazine rings is 1.